The van der Waals surface area contributed by atoms with E-state index < -0.39 is 0 Å². The number of phenolic OH excluding ortho intramolecular Hbond substituents is 1. The highest BCUT2D eigenvalue weighted by Gasteiger charge is 2.33. The van der Waals surface area contributed by atoms with Gasteiger partial charge in [-0.15, -0.1) is 0 Å². The minimum atomic E-state index is -0.196. The number of carbonyl (C=O) groups excluding carboxylic acids is 1. The Morgan fingerprint density at radius 3 is 2.71 bits per heavy atom. The standard InChI is InChI=1S/C25H24BrNO4/c1-14-7-15(2)12-27(11-14)13-20-21(28)5-4-19-24(29)23(31-25(19)20)10-18-9-16-8-17(26)3-6-22(16)30-18/h3-6,8-10,14-15,28H,7,11-13H2,1-2H3/t14-,15+. The molecule has 1 saturated heterocycles. The highest BCUT2D eigenvalue weighted by Crippen LogP contribution is 2.41. The third kappa shape index (κ3) is 3.90. The Bertz CT molecular complexity index is 1200. The number of piperidine rings is 1. The average Bonchev–Trinajstić information content (AvgIpc) is 3.24. The van der Waals surface area contributed by atoms with Crippen LogP contribution in [-0.4, -0.2) is 28.9 Å². The van der Waals surface area contributed by atoms with E-state index >= 15 is 0 Å². The number of hydrogen-bond donors (Lipinski definition) is 1. The van der Waals surface area contributed by atoms with Crippen LogP contribution in [0.15, 0.2) is 51.0 Å². The monoisotopic (exact) mass is 481 g/mol. The predicted molar refractivity (Wildman–Crippen MR) is 123 cm³/mol. The van der Waals surface area contributed by atoms with Gasteiger partial charge >= 0.3 is 0 Å². The van der Waals surface area contributed by atoms with Gasteiger partial charge in [0.05, 0.1) is 11.1 Å². The summed E-state index contributed by atoms with van der Waals surface area (Å²) in [6, 6.07) is 10.9. The summed E-state index contributed by atoms with van der Waals surface area (Å²) in [7, 11) is 0. The molecule has 1 fully saturated rings. The van der Waals surface area contributed by atoms with Gasteiger partial charge < -0.3 is 14.3 Å². The van der Waals surface area contributed by atoms with Crippen LogP contribution < -0.4 is 4.74 Å². The van der Waals surface area contributed by atoms with E-state index in [2.05, 4.69) is 34.7 Å². The number of carbonyl (C=O) groups is 1. The third-order valence-electron chi connectivity index (χ3n) is 6.01. The molecular weight excluding hydrogens is 458 g/mol. The fraction of sp³-hybridized carbons (Fsp3) is 0.320. The Kier molecular flexibility index (Phi) is 5.15. The van der Waals surface area contributed by atoms with E-state index in [1.165, 1.54) is 6.42 Å². The number of phenols is 1. The van der Waals surface area contributed by atoms with Crippen molar-refractivity contribution in [2.24, 2.45) is 11.8 Å². The molecular formula is C25H24BrNO4. The number of fused-ring (bicyclic) bond motifs is 2. The fourth-order valence-electron chi connectivity index (χ4n) is 4.83. The van der Waals surface area contributed by atoms with Crippen molar-refractivity contribution in [3.8, 4) is 11.5 Å². The van der Waals surface area contributed by atoms with E-state index in [1.54, 1.807) is 18.2 Å². The summed E-state index contributed by atoms with van der Waals surface area (Å²) in [6.07, 6.45) is 2.84. The Labute approximate surface area is 189 Å². The molecule has 2 atom stereocenters. The van der Waals surface area contributed by atoms with Crippen molar-refractivity contribution >= 4 is 38.8 Å². The number of furan rings is 1. The number of halogens is 1. The van der Waals surface area contributed by atoms with Crippen molar-refractivity contribution in [1.82, 2.24) is 4.90 Å². The van der Waals surface area contributed by atoms with E-state index in [0.29, 0.717) is 41.0 Å². The lowest BCUT2D eigenvalue weighted by Crippen LogP contribution is -2.38. The minimum absolute atomic E-state index is 0.160. The lowest BCUT2D eigenvalue weighted by molar-refractivity contribution is 0.101. The molecule has 0 aliphatic carbocycles. The van der Waals surface area contributed by atoms with Gasteiger partial charge in [-0.1, -0.05) is 29.8 Å². The number of benzene rings is 2. The van der Waals surface area contributed by atoms with Crippen molar-refractivity contribution in [3.05, 3.63) is 63.5 Å². The molecule has 0 radical (unpaired) electrons. The van der Waals surface area contributed by atoms with Crippen molar-refractivity contribution in [2.75, 3.05) is 13.1 Å². The molecule has 0 amide bonds. The molecule has 0 spiro atoms. The number of Topliss-reactive ketones (excluding diaryl/α,β-unsaturated/α-hetero) is 1. The second-order valence-corrected chi connectivity index (χ2v) is 9.77. The van der Waals surface area contributed by atoms with Crippen LogP contribution in [0.3, 0.4) is 0 Å². The summed E-state index contributed by atoms with van der Waals surface area (Å²) in [5, 5.41) is 11.5. The van der Waals surface area contributed by atoms with Crippen LogP contribution in [0.1, 0.15) is 41.9 Å². The Morgan fingerprint density at radius 1 is 1.16 bits per heavy atom. The number of ketones is 1. The van der Waals surface area contributed by atoms with E-state index in [1.807, 2.05) is 24.3 Å². The van der Waals surface area contributed by atoms with Gasteiger partial charge in [0, 0.05) is 35.6 Å². The maximum atomic E-state index is 13.0. The lowest BCUT2D eigenvalue weighted by Gasteiger charge is -2.35. The van der Waals surface area contributed by atoms with Gasteiger partial charge in [0.1, 0.15) is 22.8 Å². The van der Waals surface area contributed by atoms with Gasteiger partial charge in [-0.2, -0.15) is 0 Å². The number of ether oxygens (including phenoxy) is 1. The van der Waals surface area contributed by atoms with Crippen LogP contribution >= 0.6 is 15.9 Å². The normalized spacial score (nSPS) is 22.8. The average molecular weight is 482 g/mol. The summed E-state index contributed by atoms with van der Waals surface area (Å²) in [6.45, 7) is 7.01. The van der Waals surface area contributed by atoms with Crippen LogP contribution in [-0.2, 0) is 6.54 Å². The summed E-state index contributed by atoms with van der Waals surface area (Å²) < 4.78 is 12.8. The first kappa shape index (κ1) is 20.3. The molecule has 0 bridgehead atoms. The van der Waals surface area contributed by atoms with Gasteiger partial charge in [-0.25, -0.2) is 0 Å². The summed E-state index contributed by atoms with van der Waals surface area (Å²) in [5.74, 6) is 2.39. The number of aromatic hydroxyl groups is 1. The number of hydrogen-bond acceptors (Lipinski definition) is 5. The van der Waals surface area contributed by atoms with Gasteiger partial charge in [0.25, 0.3) is 0 Å². The molecule has 2 aliphatic rings. The van der Waals surface area contributed by atoms with Gasteiger partial charge in [0.15, 0.2) is 5.76 Å². The second kappa shape index (κ2) is 7.84. The number of rotatable bonds is 3. The zero-order chi connectivity index (χ0) is 21.7. The van der Waals surface area contributed by atoms with Crippen LogP contribution in [0.4, 0.5) is 0 Å². The van der Waals surface area contributed by atoms with Crippen molar-refractivity contribution in [1.29, 1.82) is 0 Å². The number of allylic oxidation sites excluding steroid dienone is 1. The van der Waals surface area contributed by atoms with Crippen molar-refractivity contribution in [3.63, 3.8) is 0 Å². The largest absolute Gasteiger partial charge is 0.507 e. The fourth-order valence-corrected chi connectivity index (χ4v) is 5.21. The molecule has 5 nitrogen and oxygen atoms in total. The predicted octanol–water partition coefficient (Wildman–Crippen LogP) is 6.00. The number of likely N-dealkylation sites (tertiary alicyclic amines) is 1. The molecule has 160 valence electrons. The number of nitrogens with zero attached hydrogens (tertiary/aromatic N) is 1. The maximum Gasteiger partial charge on any atom is 0.232 e. The smallest absolute Gasteiger partial charge is 0.232 e. The summed E-state index contributed by atoms with van der Waals surface area (Å²) >= 11 is 3.46. The topological polar surface area (TPSA) is 62.9 Å². The summed E-state index contributed by atoms with van der Waals surface area (Å²) in [5.41, 5.74) is 1.89. The summed E-state index contributed by atoms with van der Waals surface area (Å²) in [4.78, 5) is 15.3. The molecule has 1 aromatic heterocycles. The molecule has 31 heavy (non-hydrogen) atoms. The van der Waals surface area contributed by atoms with E-state index in [9.17, 15) is 9.90 Å². The molecule has 2 aliphatic heterocycles. The Balaban J connectivity index is 1.46. The maximum absolute atomic E-state index is 13.0. The Morgan fingerprint density at radius 2 is 1.94 bits per heavy atom. The first-order chi connectivity index (χ1) is 14.9. The molecule has 3 heterocycles. The first-order valence-electron chi connectivity index (χ1n) is 10.6. The van der Waals surface area contributed by atoms with Crippen LogP contribution in [0.2, 0.25) is 0 Å². The van der Waals surface area contributed by atoms with E-state index in [0.717, 1.165) is 28.5 Å². The zero-order valence-electron chi connectivity index (χ0n) is 17.5. The molecule has 1 N–H and O–H groups in total. The third-order valence-corrected chi connectivity index (χ3v) is 6.51. The quantitative estimate of drug-likeness (QED) is 0.465. The van der Waals surface area contributed by atoms with Crippen molar-refractivity contribution in [2.45, 2.75) is 26.8 Å². The van der Waals surface area contributed by atoms with E-state index in [4.69, 9.17) is 9.15 Å². The highest BCUT2D eigenvalue weighted by molar-refractivity contribution is 9.10. The zero-order valence-corrected chi connectivity index (χ0v) is 19.1. The molecule has 6 heteroatoms. The second-order valence-electron chi connectivity index (χ2n) is 8.85. The molecule has 3 aromatic rings. The Hall–Kier alpha value is -2.57. The van der Waals surface area contributed by atoms with E-state index in [-0.39, 0.29) is 17.3 Å². The minimum Gasteiger partial charge on any atom is -0.507 e. The van der Waals surface area contributed by atoms with Gasteiger partial charge in [0.2, 0.25) is 5.78 Å². The van der Waals surface area contributed by atoms with Crippen LogP contribution in [0.5, 0.6) is 11.5 Å². The molecule has 0 saturated carbocycles. The molecule has 5 rings (SSSR count). The highest BCUT2D eigenvalue weighted by atomic mass is 79.9. The molecule has 0 unspecified atom stereocenters. The molecule has 2 aromatic carbocycles. The van der Waals surface area contributed by atoms with Crippen LogP contribution in [0.25, 0.3) is 17.0 Å². The van der Waals surface area contributed by atoms with Crippen molar-refractivity contribution < 1.29 is 19.1 Å². The van der Waals surface area contributed by atoms with Gasteiger partial charge in [-0.3, -0.25) is 9.69 Å². The van der Waals surface area contributed by atoms with Gasteiger partial charge in [-0.05, 0) is 54.7 Å². The first-order valence-corrected chi connectivity index (χ1v) is 11.4. The lowest BCUT2D eigenvalue weighted by atomic mass is 9.91. The SMILES string of the molecule is C[C@@H]1C[C@H](C)CN(Cc2c(O)ccc3c2OC(=Cc2cc4cc(Br)ccc4o2)C3=O)C1. The van der Waals surface area contributed by atoms with Crippen LogP contribution in [0, 0.1) is 11.8 Å².